The molecular weight excluding hydrogens is 368 g/mol. The number of carbonyl (C=O) groups excluding carboxylic acids is 1. The SMILES string of the molecule is O=C(NC1(C(=O)O)CCCCC1)c1cccc(S(=O)(=O)N2CCCCC2)c1. The summed E-state index contributed by atoms with van der Waals surface area (Å²) < 4.78 is 27.1. The Morgan fingerprint density at radius 1 is 1.00 bits per heavy atom. The minimum atomic E-state index is -3.65. The maximum atomic E-state index is 12.8. The third-order valence-corrected chi connectivity index (χ3v) is 7.41. The van der Waals surface area contributed by atoms with Crippen molar-refractivity contribution < 1.29 is 23.1 Å². The van der Waals surface area contributed by atoms with Crippen molar-refractivity contribution in [3.63, 3.8) is 0 Å². The highest BCUT2D eigenvalue weighted by Gasteiger charge is 2.41. The van der Waals surface area contributed by atoms with Crippen molar-refractivity contribution in [2.75, 3.05) is 13.1 Å². The van der Waals surface area contributed by atoms with E-state index >= 15 is 0 Å². The molecule has 1 saturated heterocycles. The van der Waals surface area contributed by atoms with Gasteiger partial charge in [-0.1, -0.05) is 31.7 Å². The summed E-state index contributed by atoms with van der Waals surface area (Å²) in [6.07, 6.45) is 5.91. The van der Waals surface area contributed by atoms with Crippen LogP contribution in [0.1, 0.15) is 61.7 Å². The fourth-order valence-corrected chi connectivity index (χ4v) is 5.45. The van der Waals surface area contributed by atoms with Gasteiger partial charge >= 0.3 is 5.97 Å². The number of amides is 1. The number of rotatable bonds is 5. The van der Waals surface area contributed by atoms with E-state index in [9.17, 15) is 23.1 Å². The molecule has 0 atom stereocenters. The average Bonchev–Trinajstić information content (AvgIpc) is 2.69. The molecule has 0 bridgehead atoms. The standard InChI is InChI=1S/C19H26N2O5S/c22-17(20-19(18(23)24)10-3-1-4-11-19)15-8-7-9-16(14-15)27(25,26)21-12-5-2-6-13-21/h7-9,14H,1-6,10-13H2,(H,20,22)(H,23,24). The minimum Gasteiger partial charge on any atom is -0.480 e. The smallest absolute Gasteiger partial charge is 0.329 e. The molecule has 1 saturated carbocycles. The zero-order valence-corrected chi connectivity index (χ0v) is 16.1. The quantitative estimate of drug-likeness (QED) is 0.798. The number of sulfonamides is 1. The Bertz CT molecular complexity index is 809. The van der Waals surface area contributed by atoms with Crippen LogP contribution in [-0.2, 0) is 14.8 Å². The molecule has 0 unspecified atom stereocenters. The van der Waals surface area contributed by atoms with Crippen LogP contribution < -0.4 is 5.32 Å². The topological polar surface area (TPSA) is 104 Å². The molecule has 7 nitrogen and oxygen atoms in total. The van der Waals surface area contributed by atoms with E-state index in [-0.39, 0.29) is 10.5 Å². The maximum Gasteiger partial charge on any atom is 0.329 e. The Balaban J connectivity index is 1.82. The van der Waals surface area contributed by atoms with Crippen molar-refractivity contribution in [3.8, 4) is 0 Å². The molecule has 1 heterocycles. The average molecular weight is 394 g/mol. The van der Waals surface area contributed by atoms with Crippen LogP contribution in [0.4, 0.5) is 0 Å². The second-order valence-electron chi connectivity index (χ2n) is 7.39. The number of carbonyl (C=O) groups is 2. The lowest BCUT2D eigenvalue weighted by molar-refractivity contribution is -0.145. The molecule has 1 aliphatic heterocycles. The number of benzene rings is 1. The van der Waals surface area contributed by atoms with Gasteiger partial charge in [-0.25, -0.2) is 13.2 Å². The van der Waals surface area contributed by atoms with Crippen molar-refractivity contribution >= 4 is 21.9 Å². The largest absolute Gasteiger partial charge is 0.480 e. The number of aliphatic carboxylic acids is 1. The Kier molecular flexibility index (Phi) is 5.86. The molecule has 1 aliphatic carbocycles. The van der Waals surface area contributed by atoms with Gasteiger partial charge in [-0.3, -0.25) is 4.79 Å². The minimum absolute atomic E-state index is 0.0741. The number of hydrogen-bond donors (Lipinski definition) is 2. The maximum absolute atomic E-state index is 12.8. The Hall–Kier alpha value is -1.93. The van der Waals surface area contributed by atoms with Gasteiger partial charge in [0.15, 0.2) is 0 Å². The first kappa shape index (κ1) is 19.8. The van der Waals surface area contributed by atoms with E-state index < -0.39 is 27.4 Å². The second-order valence-corrected chi connectivity index (χ2v) is 9.33. The molecule has 148 valence electrons. The van der Waals surface area contributed by atoms with Crippen LogP contribution in [0.5, 0.6) is 0 Å². The van der Waals surface area contributed by atoms with Crippen molar-refractivity contribution in [2.24, 2.45) is 0 Å². The number of hydrogen-bond acceptors (Lipinski definition) is 4. The molecule has 2 aliphatic rings. The van der Waals surface area contributed by atoms with Gasteiger partial charge in [0.2, 0.25) is 10.0 Å². The van der Waals surface area contributed by atoms with E-state index in [1.54, 1.807) is 0 Å². The summed E-state index contributed by atoms with van der Waals surface area (Å²) >= 11 is 0. The first-order valence-corrected chi connectivity index (χ1v) is 11.0. The monoisotopic (exact) mass is 394 g/mol. The Labute approximate surface area is 159 Å². The molecule has 1 aromatic carbocycles. The van der Waals surface area contributed by atoms with Crippen LogP contribution in [0.3, 0.4) is 0 Å². The molecular formula is C19H26N2O5S. The van der Waals surface area contributed by atoms with Crippen molar-refractivity contribution in [1.82, 2.24) is 9.62 Å². The van der Waals surface area contributed by atoms with E-state index in [2.05, 4.69) is 5.32 Å². The Morgan fingerprint density at radius 3 is 2.26 bits per heavy atom. The summed E-state index contributed by atoms with van der Waals surface area (Å²) in [5.41, 5.74) is -1.10. The lowest BCUT2D eigenvalue weighted by atomic mass is 9.81. The van der Waals surface area contributed by atoms with E-state index in [0.717, 1.165) is 38.5 Å². The van der Waals surface area contributed by atoms with Crippen LogP contribution in [0.2, 0.25) is 0 Å². The molecule has 3 rings (SSSR count). The summed E-state index contributed by atoms with van der Waals surface area (Å²) in [6, 6.07) is 5.87. The summed E-state index contributed by atoms with van der Waals surface area (Å²) in [7, 11) is -3.65. The first-order valence-electron chi connectivity index (χ1n) is 9.51. The number of nitrogens with zero attached hydrogens (tertiary/aromatic N) is 1. The molecule has 8 heteroatoms. The summed E-state index contributed by atoms with van der Waals surface area (Å²) in [5.74, 6) is -1.58. The number of carboxylic acids is 1. The fourth-order valence-electron chi connectivity index (χ4n) is 3.89. The first-order chi connectivity index (χ1) is 12.8. The summed E-state index contributed by atoms with van der Waals surface area (Å²) in [4.78, 5) is 24.5. The predicted octanol–water partition coefficient (Wildman–Crippen LogP) is 2.38. The normalized spacial score (nSPS) is 20.7. The zero-order valence-electron chi connectivity index (χ0n) is 15.3. The van der Waals surface area contributed by atoms with E-state index in [1.807, 2.05) is 0 Å². The van der Waals surface area contributed by atoms with Gasteiger partial charge < -0.3 is 10.4 Å². The highest BCUT2D eigenvalue weighted by molar-refractivity contribution is 7.89. The van der Waals surface area contributed by atoms with Crippen LogP contribution in [-0.4, -0.2) is 48.3 Å². The second kappa shape index (κ2) is 7.98. The Morgan fingerprint density at radius 2 is 1.63 bits per heavy atom. The highest BCUT2D eigenvalue weighted by atomic mass is 32.2. The molecule has 0 spiro atoms. The van der Waals surface area contributed by atoms with Gasteiger partial charge in [0.25, 0.3) is 5.91 Å². The van der Waals surface area contributed by atoms with Crippen LogP contribution in [0.15, 0.2) is 29.2 Å². The van der Waals surface area contributed by atoms with Gasteiger partial charge in [0.05, 0.1) is 4.90 Å². The number of carboxylic acid groups (broad SMARTS) is 1. The van der Waals surface area contributed by atoms with Gasteiger partial charge in [-0.2, -0.15) is 4.31 Å². The molecule has 0 radical (unpaired) electrons. The van der Waals surface area contributed by atoms with E-state index in [0.29, 0.717) is 25.9 Å². The predicted molar refractivity (Wildman–Crippen MR) is 100.0 cm³/mol. The van der Waals surface area contributed by atoms with Crippen molar-refractivity contribution in [1.29, 1.82) is 0 Å². The van der Waals surface area contributed by atoms with E-state index in [1.165, 1.54) is 28.6 Å². The molecule has 2 N–H and O–H groups in total. The van der Waals surface area contributed by atoms with Crippen molar-refractivity contribution in [3.05, 3.63) is 29.8 Å². The summed E-state index contributed by atoms with van der Waals surface area (Å²) in [5, 5.41) is 12.3. The highest BCUT2D eigenvalue weighted by Crippen LogP contribution is 2.29. The molecule has 0 aromatic heterocycles. The van der Waals surface area contributed by atoms with Crippen LogP contribution in [0.25, 0.3) is 0 Å². The molecule has 2 fully saturated rings. The third-order valence-electron chi connectivity index (χ3n) is 5.52. The lowest BCUT2D eigenvalue weighted by Crippen LogP contribution is -2.55. The fraction of sp³-hybridized carbons (Fsp3) is 0.579. The molecule has 1 amide bonds. The van der Waals surface area contributed by atoms with Crippen LogP contribution in [0, 0.1) is 0 Å². The number of nitrogens with one attached hydrogen (secondary N) is 1. The van der Waals surface area contributed by atoms with Crippen molar-refractivity contribution in [2.45, 2.75) is 61.8 Å². The van der Waals surface area contributed by atoms with Gasteiger partial charge in [0, 0.05) is 18.7 Å². The van der Waals surface area contributed by atoms with Gasteiger partial charge in [-0.15, -0.1) is 0 Å². The lowest BCUT2D eigenvalue weighted by Gasteiger charge is -2.34. The third kappa shape index (κ3) is 4.16. The zero-order chi connectivity index (χ0) is 19.5. The van der Waals surface area contributed by atoms with Gasteiger partial charge in [-0.05, 0) is 43.9 Å². The molecule has 1 aromatic rings. The van der Waals surface area contributed by atoms with Crippen LogP contribution >= 0.6 is 0 Å². The summed E-state index contributed by atoms with van der Waals surface area (Å²) in [6.45, 7) is 0.974. The molecule has 27 heavy (non-hydrogen) atoms. The van der Waals surface area contributed by atoms with Gasteiger partial charge in [0.1, 0.15) is 5.54 Å². The number of piperidine rings is 1. The van der Waals surface area contributed by atoms with E-state index in [4.69, 9.17) is 0 Å².